The standard InChI is InChI=1S/C13H16N2O2/c1-9(8-16)15-13-5-6-14-12-4-3-10(17-2)7-11(12)13/h3-7,9,16H,8H2,1-2H3,(H,14,15). The smallest absolute Gasteiger partial charge is 0.119 e. The van der Waals surface area contributed by atoms with Crippen LogP contribution in [-0.2, 0) is 0 Å². The lowest BCUT2D eigenvalue weighted by Gasteiger charge is -2.14. The summed E-state index contributed by atoms with van der Waals surface area (Å²) >= 11 is 0. The predicted molar refractivity (Wildman–Crippen MR) is 68.5 cm³/mol. The van der Waals surface area contributed by atoms with Crippen LogP contribution in [0.15, 0.2) is 30.5 Å². The fourth-order valence-corrected chi connectivity index (χ4v) is 1.69. The van der Waals surface area contributed by atoms with Gasteiger partial charge in [0.05, 0.1) is 19.2 Å². The molecular formula is C13H16N2O2. The van der Waals surface area contributed by atoms with Gasteiger partial charge < -0.3 is 15.2 Å². The Balaban J connectivity index is 2.46. The minimum absolute atomic E-state index is 0.00630. The number of aromatic nitrogens is 1. The van der Waals surface area contributed by atoms with Gasteiger partial charge in [0, 0.05) is 23.3 Å². The van der Waals surface area contributed by atoms with Crippen molar-refractivity contribution in [3.63, 3.8) is 0 Å². The number of hydrogen-bond donors (Lipinski definition) is 2. The van der Waals surface area contributed by atoms with E-state index in [0.717, 1.165) is 22.3 Å². The van der Waals surface area contributed by atoms with E-state index in [2.05, 4.69) is 10.3 Å². The number of rotatable bonds is 4. The van der Waals surface area contributed by atoms with Crippen molar-refractivity contribution in [2.75, 3.05) is 19.0 Å². The van der Waals surface area contributed by atoms with Crippen LogP contribution in [0.3, 0.4) is 0 Å². The third-order valence-electron chi connectivity index (χ3n) is 2.62. The number of aliphatic hydroxyl groups is 1. The van der Waals surface area contributed by atoms with Crippen molar-refractivity contribution >= 4 is 16.6 Å². The number of methoxy groups -OCH3 is 1. The molecule has 2 N–H and O–H groups in total. The fourth-order valence-electron chi connectivity index (χ4n) is 1.69. The molecule has 17 heavy (non-hydrogen) atoms. The van der Waals surface area contributed by atoms with Crippen molar-refractivity contribution in [3.8, 4) is 5.75 Å². The number of anilines is 1. The molecule has 90 valence electrons. The molecule has 1 heterocycles. The van der Waals surface area contributed by atoms with Gasteiger partial charge >= 0.3 is 0 Å². The predicted octanol–water partition coefficient (Wildman–Crippen LogP) is 2.04. The number of aliphatic hydroxyl groups excluding tert-OH is 1. The summed E-state index contributed by atoms with van der Waals surface area (Å²) in [5.74, 6) is 0.796. The molecule has 0 aliphatic rings. The van der Waals surface area contributed by atoms with Gasteiger partial charge in [-0.2, -0.15) is 0 Å². The van der Waals surface area contributed by atoms with E-state index in [1.54, 1.807) is 13.3 Å². The molecule has 0 spiro atoms. The molecule has 4 heteroatoms. The maximum Gasteiger partial charge on any atom is 0.119 e. The lowest BCUT2D eigenvalue weighted by atomic mass is 10.1. The van der Waals surface area contributed by atoms with Crippen LogP contribution in [-0.4, -0.2) is 29.8 Å². The van der Waals surface area contributed by atoms with E-state index in [4.69, 9.17) is 9.84 Å². The van der Waals surface area contributed by atoms with Gasteiger partial charge in [-0.3, -0.25) is 4.98 Å². The van der Waals surface area contributed by atoms with Gasteiger partial charge in [0.2, 0.25) is 0 Å². The maximum atomic E-state index is 9.07. The van der Waals surface area contributed by atoms with Crippen molar-refractivity contribution in [1.82, 2.24) is 4.98 Å². The second-order valence-electron chi connectivity index (χ2n) is 3.97. The van der Waals surface area contributed by atoms with Gasteiger partial charge in [0.1, 0.15) is 5.75 Å². The molecule has 0 radical (unpaired) electrons. The number of hydrogen-bond acceptors (Lipinski definition) is 4. The molecule has 2 aromatic rings. The molecule has 0 saturated carbocycles. The Bertz CT molecular complexity index is 514. The molecule has 0 aliphatic heterocycles. The van der Waals surface area contributed by atoms with E-state index in [0.29, 0.717) is 0 Å². The Morgan fingerprint density at radius 2 is 2.24 bits per heavy atom. The van der Waals surface area contributed by atoms with Crippen LogP contribution in [0.1, 0.15) is 6.92 Å². The summed E-state index contributed by atoms with van der Waals surface area (Å²) < 4.78 is 5.20. The van der Waals surface area contributed by atoms with E-state index in [-0.39, 0.29) is 12.6 Å². The summed E-state index contributed by atoms with van der Waals surface area (Å²) in [6.07, 6.45) is 1.75. The second-order valence-corrected chi connectivity index (χ2v) is 3.97. The topological polar surface area (TPSA) is 54.4 Å². The third-order valence-corrected chi connectivity index (χ3v) is 2.62. The van der Waals surface area contributed by atoms with E-state index < -0.39 is 0 Å². The first kappa shape index (κ1) is 11.7. The zero-order chi connectivity index (χ0) is 12.3. The molecule has 0 saturated heterocycles. The van der Waals surface area contributed by atoms with Gasteiger partial charge in [-0.15, -0.1) is 0 Å². The van der Waals surface area contributed by atoms with Gasteiger partial charge in [-0.25, -0.2) is 0 Å². The molecule has 1 atom stereocenters. The zero-order valence-corrected chi connectivity index (χ0v) is 9.97. The van der Waals surface area contributed by atoms with Crippen molar-refractivity contribution in [2.24, 2.45) is 0 Å². The summed E-state index contributed by atoms with van der Waals surface area (Å²) in [4.78, 5) is 4.29. The summed E-state index contributed by atoms with van der Waals surface area (Å²) in [6, 6.07) is 7.65. The lowest BCUT2D eigenvalue weighted by molar-refractivity contribution is 0.281. The second kappa shape index (κ2) is 5.01. The molecule has 2 rings (SSSR count). The SMILES string of the molecule is COc1ccc2nccc(NC(C)CO)c2c1. The number of benzene rings is 1. The van der Waals surface area contributed by atoms with Gasteiger partial charge in [-0.05, 0) is 31.2 Å². The summed E-state index contributed by atoms with van der Waals surface area (Å²) in [7, 11) is 1.64. The number of nitrogens with zero attached hydrogens (tertiary/aromatic N) is 1. The fraction of sp³-hybridized carbons (Fsp3) is 0.308. The maximum absolute atomic E-state index is 9.07. The highest BCUT2D eigenvalue weighted by Gasteiger charge is 2.06. The molecule has 1 aromatic carbocycles. The molecule has 0 fully saturated rings. The van der Waals surface area contributed by atoms with Crippen LogP contribution >= 0.6 is 0 Å². The number of pyridine rings is 1. The van der Waals surface area contributed by atoms with Crippen molar-refractivity contribution in [1.29, 1.82) is 0 Å². The minimum atomic E-state index is 0.00630. The molecule has 0 bridgehead atoms. The van der Waals surface area contributed by atoms with Crippen LogP contribution in [0, 0.1) is 0 Å². The Labute approximate surface area is 100 Å². The summed E-state index contributed by atoms with van der Waals surface area (Å²) in [5.41, 5.74) is 1.86. The van der Waals surface area contributed by atoms with Crippen molar-refractivity contribution in [3.05, 3.63) is 30.5 Å². The Morgan fingerprint density at radius 3 is 2.94 bits per heavy atom. The normalized spacial score (nSPS) is 12.4. The quantitative estimate of drug-likeness (QED) is 0.847. The number of nitrogens with one attached hydrogen (secondary N) is 1. The van der Waals surface area contributed by atoms with Crippen LogP contribution in [0.4, 0.5) is 5.69 Å². The van der Waals surface area contributed by atoms with E-state index in [1.165, 1.54) is 0 Å². The van der Waals surface area contributed by atoms with Crippen LogP contribution in [0.5, 0.6) is 5.75 Å². The lowest BCUT2D eigenvalue weighted by Crippen LogP contribution is -2.19. The highest BCUT2D eigenvalue weighted by Crippen LogP contribution is 2.26. The van der Waals surface area contributed by atoms with Crippen molar-refractivity contribution in [2.45, 2.75) is 13.0 Å². The molecule has 0 amide bonds. The first-order chi connectivity index (χ1) is 8.24. The molecular weight excluding hydrogens is 216 g/mol. The Morgan fingerprint density at radius 1 is 1.41 bits per heavy atom. The van der Waals surface area contributed by atoms with E-state index in [1.807, 2.05) is 31.2 Å². The number of ether oxygens (including phenoxy) is 1. The Kier molecular flexibility index (Phi) is 3.44. The molecule has 4 nitrogen and oxygen atoms in total. The molecule has 1 aromatic heterocycles. The molecule has 0 aliphatic carbocycles. The summed E-state index contributed by atoms with van der Waals surface area (Å²) in [6.45, 7) is 2.01. The number of fused-ring (bicyclic) bond motifs is 1. The highest BCUT2D eigenvalue weighted by atomic mass is 16.5. The van der Waals surface area contributed by atoms with E-state index >= 15 is 0 Å². The van der Waals surface area contributed by atoms with Gasteiger partial charge in [0.25, 0.3) is 0 Å². The van der Waals surface area contributed by atoms with E-state index in [9.17, 15) is 0 Å². The average Bonchev–Trinajstić information content (AvgIpc) is 2.38. The van der Waals surface area contributed by atoms with Gasteiger partial charge in [-0.1, -0.05) is 0 Å². The van der Waals surface area contributed by atoms with Crippen LogP contribution in [0.2, 0.25) is 0 Å². The minimum Gasteiger partial charge on any atom is -0.497 e. The average molecular weight is 232 g/mol. The first-order valence-electron chi connectivity index (χ1n) is 5.54. The van der Waals surface area contributed by atoms with Crippen molar-refractivity contribution < 1.29 is 9.84 Å². The first-order valence-corrected chi connectivity index (χ1v) is 5.54. The van der Waals surface area contributed by atoms with Crippen LogP contribution in [0.25, 0.3) is 10.9 Å². The van der Waals surface area contributed by atoms with Gasteiger partial charge in [0.15, 0.2) is 0 Å². The summed E-state index contributed by atoms with van der Waals surface area (Å²) in [5, 5.41) is 13.3. The molecule has 1 unspecified atom stereocenters. The Hall–Kier alpha value is -1.81. The van der Waals surface area contributed by atoms with Crippen LogP contribution < -0.4 is 10.1 Å². The monoisotopic (exact) mass is 232 g/mol. The zero-order valence-electron chi connectivity index (χ0n) is 9.97. The third kappa shape index (κ3) is 2.47. The largest absolute Gasteiger partial charge is 0.497 e. The highest BCUT2D eigenvalue weighted by molar-refractivity contribution is 5.92.